The van der Waals surface area contributed by atoms with E-state index < -0.39 is 0 Å². The molecule has 0 unspecified atom stereocenters. The molecule has 0 heterocycles. The average Bonchev–Trinajstić information content (AvgIpc) is 2.77. The van der Waals surface area contributed by atoms with Gasteiger partial charge >= 0.3 is 0 Å². The highest BCUT2D eigenvalue weighted by atomic mass is 19.1. The molecule has 0 aliphatic heterocycles. The van der Waals surface area contributed by atoms with Crippen molar-refractivity contribution < 1.29 is 19.3 Å². The van der Waals surface area contributed by atoms with Crippen molar-refractivity contribution in [3.63, 3.8) is 0 Å². The first-order chi connectivity index (χ1) is 14.5. The molecular weight excluding hydrogens is 381 g/mol. The van der Waals surface area contributed by atoms with Crippen LogP contribution in [0.3, 0.4) is 0 Å². The summed E-state index contributed by atoms with van der Waals surface area (Å²) < 4.78 is 18.6. The van der Waals surface area contributed by atoms with Crippen LogP contribution in [-0.2, 0) is 6.54 Å². The van der Waals surface area contributed by atoms with E-state index in [4.69, 9.17) is 15.9 Å². The summed E-state index contributed by atoms with van der Waals surface area (Å²) >= 11 is 0. The number of nitrogens with two attached hydrogens (primary N) is 2. The summed E-state index contributed by atoms with van der Waals surface area (Å²) in [6, 6.07) is 18.8. The molecule has 5 nitrogen and oxygen atoms in total. The van der Waals surface area contributed by atoms with Crippen LogP contribution in [-0.4, -0.2) is 18.7 Å². The van der Waals surface area contributed by atoms with Crippen LogP contribution >= 0.6 is 0 Å². The van der Waals surface area contributed by atoms with Gasteiger partial charge in [-0.3, -0.25) is 10.2 Å². The maximum atomic E-state index is 13.1. The third kappa shape index (κ3) is 4.91. The molecule has 0 radical (unpaired) electrons. The van der Waals surface area contributed by atoms with Gasteiger partial charge in [0.15, 0.2) is 0 Å². The maximum absolute atomic E-state index is 13.1. The van der Waals surface area contributed by atoms with Gasteiger partial charge in [0.1, 0.15) is 17.1 Å². The fraction of sp³-hybridized carbons (Fsp3) is 0.0833. The maximum Gasteiger partial charge on any atom is 0.255 e. The summed E-state index contributed by atoms with van der Waals surface area (Å²) in [4.78, 5) is 12.8. The fourth-order valence-corrected chi connectivity index (χ4v) is 3.00. The highest BCUT2D eigenvalue weighted by Gasteiger charge is 2.22. The highest BCUT2D eigenvalue weighted by Crippen LogP contribution is 2.29. The number of carbonyl (C=O) groups is 1. The van der Waals surface area contributed by atoms with Gasteiger partial charge in [-0.15, -0.1) is 0 Å². The summed E-state index contributed by atoms with van der Waals surface area (Å²) in [6.07, 6.45) is 3.38. The van der Waals surface area contributed by atoms with Crippen LogP contribution in [0, 0.1) is 5.82 Å². The molecule has 3 rings (SSSR count). The zero-order chi connectivity index (χ0) is 21.5. The van der Waals surface area contributed by atoms with Crippen LogP contribution in [0.2, 0.25) is 0 Å². The Morgan fingerprint density at radius 2 is 1.80 bits per heavy atom. The summed E-state index contributed by atoms with van der Waals surface area (Å²) in [5, 5.41) is 9.12. The van der Waals surface area contributed by atoms with Crippen molar-refractivity contribution in [2.45, 2.75) is 6.54 Å². The van der Waals surface area contributed by atoms with Gasteiger partial charge in [0.2, 0.25) is 5.71 Å². The normalized spacial score (nSPS) is 10.7. The molecule has 0 aliphatic rings. The molecule has 0 atom stereocenters. The Morgan fingerprint density at radius 3 is 2.47 bits per heavy atom. The van der Waals surface area contributed by atoms with Crippen molar-refractivity contribution in [2.75, 3.05) is 12.8 Å². The van der Waals surface area contributed by atoms with E-state index in [1.807, 2.05) is 30.3 Å². The van der Waals surface area contributed by atoms with Crippen molar-refractivity contribution in [3.05, 3.63) is 101 Å². The van der Waals surface area contributed by atoms with Gasteiger partial charge in [-0.05, 0) is 41.5 Å². The number of rotatable bonds is 7. The van der Waals surface area contributed by atoms with Crippen molar-refractivity contribution in [1.82, 2.24) is 5.32 Å². The number of carbonyl (C=O) groups excluding carboxylic acids is 1. The standard InChI is InChI=1S/C24H22FN3O2/c1-30-23-19(24(29)28-15-17-5-3-2-4-6-17)12-14-21(27)22(23)20(26)13-9-16-7-10-18(25)11-8-16/h2-14,26H,15,27H2,1H3,(H,28,29)/p+1/b13-9+,26-20?. The zero-order valence-electron chi connectivity index (χ0n) is 16.6. The number of amides is 1. The van der Waals surface area contributed by atoms with E-state index >= 15 is 0 Å². The van der Waals surface area contributed by atoms with Gasteiger partial charge < -0.3 is 15.8 Å². The van der Waals surface area contributed by atoms with E-state index in [0.717, 1.165) is 11.1 Å². The molecule has 0 spiro atoms. The lowest BCUT2D eigenvalue weighted by molar-refractivity contribution is -0.111. The Hall–Kier alpha value is -3.93. The van der Waals surface area contributed by atoms with Gasteiger partial charge in [-0.1, -0.05) is 42.5 Å². The Morgan fingerprint density at radius 1 is 1.10 bits per heavy atom. The predicted octanol–water partition coefficient (Wildman–Crippen LogP) is 2.61. The van der Waals surface area contributed by atoms with E-state index in [1.54, 1.807) is 36.4 Å². The van der Waals surface area contributed by atoms with Crippen LogP contribution in [0.4, 0.5) is 10.1 Å². The van der Waals surface area contributed by atoms with Crippen LogP contribution in [0.15, 0.2) is 72.8 Å². The highest BCUT2D eigenvalue weighted by molar-refractivity contribution is 6.14. The monoisotopic (exact) mass is 404 g/mol. The minimum absolute atomic E-state index is 0.293. The molecule has 0 bridgehead atoms. The molecule has 6 heteroatoms. The quantitative estimate of drug-likeness (QED) is 0.418. The second-order valence-electron chi connectivity index (χ2n) is 6.62. The average molecular weight is 404 g/mol. The molecule has 5 N–H and O–H groups in total. The van der Waals surface area contributed by atoms with E-state index in [0.29, 0.717) is 34.8 Å². The number of hydrogen-bond acceptors (Lipinski definition) is 3. The van der Waals surface area contributed by atoms with E-state index in [1.165, 1.54) is 19.2 Å². The lowest BCUT2D eigenvalue weighted by atomic mass is 10.0. The number of halogens is 1. The van der Waals surface area contributed by atoms with E-state index in [9.17, 15) is 9.18 Å². The second kappa shape index (κ2) is 9.52. The van der Waals surface area contributed by atoms with Gasteiger partial charge in [-0.25, -0.2) is 4.39 Å². The third-order valence-corrected chi connectivity index (χ3v) is 4.55. The molecule has 0 aliphatic carbocycles. The van der Waals surface area contributed by atoms with Gasteiger partial charge in [-0.2, -0.15) is 0 Å². The van der Waals surface area contributed by atoms with E-state index in [-0.39, 0.29) is 11.7 Å². The van der Waals surface area contributed by atoms with Crippen molar-refractivity contribution >= 4 is 23.4 Å². The first kappa shape index (κ1) is 20.8. The van der Waals surface area contributed by atoms with Gasteiger partial charge in [0.25, 0.3) is 5.91 Å². The number of ether oxygens (including phenoxy) is 1. The summed E-state index contributed by atoms with van der Waals surface area (Å²) in [6.45, 7) is 0.381. The number of nitrogen functional groups attached to an aromatic ring is 1. The summed E-state index contributed by atoms with van der Waals surface area (Å²) in [5.41, 5.74) is 9.35. The van der Waals surface area contributed by atoms with Crippen molar-refractivity contribution in [2.24, 2.45) is 0 Å². The molecule has 152 valence electrons. The van der Waals surface area contributed by atoms with Crippen LogP contribution in [0.1, 0.15) is 27.0 Å². The Balaban J connectivity index is 1.84. The second-order valence-corrected chi connectivity index (χ2v) is 6.62. The first-order valence-corrected chi connectivity index (χ1v) is 9.34. The first-order valence-electron chi connectivity index (χ1n) is 9.34. The molecule has 30 heavy (non-hydrogen) atoms. The number of hydrogen-bond donors (Lipinski definition) is 3. The largest absolute Gasteiger partial charge is 0.495 e. The number of allylic oxidation sites excluding steroid dienone is 1. The lowest BCUT2D eigenvalue weighted by Gasteiger charge is -2.14. The summed E-state index contributed by atoms with van der Waals surface area (Å²) in [5.74, 6) is -0.321. The Kier molecular flexibility index (Phi) is 6.60. The molecule has 3 aromatic rings. The molecule has 3 aromatic carbocycles. The number of benzene rings is 3. The molecule has 0 saturated heterocycles. The van der Waals surface area contributed by atoms with E-state index in [2.05, 4.69) is 5.32 Å². The van der Waals surface area contributed by atoms with Gasteiger partial charge in [0, 0.05) is 18.3 Å². The minimum Gasteiger partial charge on any atom is -0.495 e. The zero-order valence-corrected chi connectivity index (χ0v) is 16.6. The minimum atomic E-state index is -0.316. The SMILES string of the molecule is COc1c(C(=O)NCc2ccccc2)ccc(N)c1C(=[NH2+])/C=C/c1ccc(F)cc1. The lowest BCUT2D eigenvalue weighted by Crippen LogP contribution is -2.40. The molecule has 1 amide bonds. The Bertz CT molecular complexity index is 1080. The third-order valence-electron chi connectivity index (χ3n) is 4.55. The van der Waals surface area contributed by atoms with Crippen molar-refractivity contribution in [1.29, 1.82) is 0 Å². The van der Waals surface area contributed by atoms with Crippen LogP contribution in [0.5, 0.6) is 5.75 Å². The number of methoxy groups -OCH3 is 1. The van der Waals surface area contributed by atoms with Gasteiger partial charge in [0.05, 0.1) is 12.7 Å². The number of anilines is 1. The molecular formula is C24H23FN3O2+. The fourth-order valence-electron chi connectivity index (χ4n) is 3.00. The predicted molar refractivity (Wildman–Crippen MR) is 116 cm³/mol. The number of nitrogens with one attached hydrogen (secondary N) is 1. The van der Waals surface area contributed by atoms with Crippen molar-refractivity contribution in [3.8, 4) is 5.75 Å². The smallest absolute Gasteiger partial charge is 0.255 e. The summed E-state index contributed by atoms with van der Waals surface area (Å²) in [7, 11) is 1.46. The molecule has 0 aromatic heterocycles. The van der Waals surface area contributed by atoms with Crippen LogP contribution in [0.25, 0.3) is 6.08 Å². The Labute approximate surface area is 174 Å². The topological polar surface area (TPSA) is 89.9 Å². The molecule has 0 fully saturated rings. The molecule has 0 saturated carbocycles. The van der Waals surface area contributed by atoms with Crippen LogP contribution < -0.4 is 21.2 Å².